The molecule has 11 nitrogen and oxygen atoms in total. The molecule has 5 rings (SSSR count). The first kappa shape index (κ1) is 35.9. The Morgan fingerprint density at radius 1 is 1.02 bits per heavy atom. The molecule has 1 atom stereocenters. The maximum Gasteiger partial charge on any atom is 0.335 e. The third-order valence-corrected chi connectivity index (χ3v) is 9.79. The molecular formula is C37H45N5O6S. The number of ether oxygens (including phenoxy) is 2. The van der Waals surface area contributed by atoms with Gasteiger partial charge in [-0.15, -0.1) is 0 Å². The maximum absolute atomic E-state index is 13.4. The normalized spacial score (nSPS) is 14.7. The second-order valence-electron chi connectivity index (χ2n) is 13.7. The van der Waals surface area contributed by atoms with Crippen molar-refractivity contribution in [3.63, 3.8) is 0 Å². The lowest BCUT2D eigenvalue weighted by atomic mass is 9.88. The van der Waals surface area contributed by atoms with Crippen LogP contribution in [0.2, 0.25) is 0 Å². The minimum atomic E-state index is -4.23. The number of nitrogens with one attached hydrogen (secondary N) is 2. The zero-order chi connectivity index (χ0) is 35.2. The Bertz CT molecular complexity index is 1850. The first-order valence-electron chi connectivity index (χ1n) is 16.5. The van der Waals surface area contributed by atoms with E-state index in [9.17, 15) is 18.3 Å². The van der Waals surface area contributed by atoms with Crippen LogP contribution < -0.4 is 14.8 Å². The highest BCUT2D eigenvalue weighted by molar-refractivity contribution is 7.92. The van der Waals surface area contributed by atoms with Crippen LogP contribution in [-0.4, -0.2) is 60.3 Å². The molecular weight excluding hydrogens is 643 g/mol. The van der Waals surface area contributed by atoms with Crippen molar-refractivity contribution in [2.45, 2.75) is 77.3 Å². The number of aryl methyl sites for hydroxylation is 2. The minimum absolute atomic E-state index is 0.0122. The van der Waals surface area contributed by atoms with Gasteiger partial charge in [-0.05, 0) is 85.4 Å². The highest BCUT2D eigenvalue weighted by Gasteiger charge is 2.23. The monoisotopic (exact) mass is 687 g/mol. The fraction of sp³-hybridized carbons (Fsp3) is 0.405. The highest BCUT2D eigenvalue weighted by Crippen LogP contribution is 2.30. The number of hydrogen-bond acceptors (Lipinski definition) is 9. The van der Waals surface area contributed by atoms with Crippen molar-refractivity contribution in [3.8, 4) is 17.1 Å². The van der Waals surface area contributed by atoms with Crippen LogP contribution in [0.15, 0.2) is 71.8 Å². The van der Waals surface area contributed by atoms with Crippen LogP contribution in [-0.2, 0) is 21.3 Å². The van der Waals surface area contributed by atoms with E-state index in [1.165, 1.54) is 23.8 Å². The molecule has 0 unspecified atom stereocenters. The molecule has 0 spiro atoms. The van der Waals surface area contributed by atoms with E-state index >= 15 is 0 Å². The lowest BCUT2D eigenvalue weighted by molar-refractivity contribution is 0.0696. The summed E-state index contributed by atoms with van der Waals surface area (Å²) >= 11 is 0. The number of carboxylic acids is 1. The first-order valence-corrected chi connectivity index (χ1v) is 18.0. The number of nitrogens with zero attached hydrogens (tertiary/aromatic N) is 3. The maximum atomic E-state index is 13.4. The standard InChI is InChI=1S/C37H45N5O6S/c1-24-8-6-9-25(2)34(24)32-19-33(41-36(40-32)42-49(45,46)31-11-7-10-27(18-31)35(43)44)48-23-30(20-37(3,4)5)39-22-29-13-12-28(21-38-29)26-14-16-47-17-15-26/h6-13,18-19,21,26,30,39H,14-17,20,22-23H2,1-5H3,(H,43,44)(H,40,41,42)/t30-/m1/s1. The van der Waals surface area contributed by atoms with Gasteiger partial charge >= 0.3 is 5.97 Å². The molecule has 4 aromatic rings. The molecule has 12 heteroatoms. The third-order valence-electron chi connectivity index (χ3n) is 8.46. The van der Waals surface area contributed by atoms with Gasteiger partial charge in [-0.3, -0.25) is 4.98 Å². The molecule has 3 N–H and O–H groups in total. The fourth-order valence-electron chi connectivity index (χ4n) is 6.04. The summed E-state index contributed by atoms with van der Waals surface area (Å²) in [4.78, 5) is 25.0. The second kappa shape index (κ2) is 15.4. The number of rotatable bonds is 13. The van der Waals surface area contributed by atoms with Crippen LogP contribution in [0.4, 0.5) is 5.95 Å². The molecule has 260 valence electrons. The van der Waals surface area contributed by atoms with Gasteiger partial charge in [0.1, 0.15) is 6.61 Å². The fourth-order valence-corrected chi connectivity index (χ4v) is 7.03. The zero-order valence-corrected chi connectivity index (χ0v) is 29.5. The molecule has 1 fully saturated rings. The SMILES string of the molecule is Cc1cccc(C)c1-c1cc(OC[C@@H](CC(C)(C)C)NCc2ccc(C3CCOCC3)cn2)nc(NS(=O)(=O)c2cccc(C(=O)O)c2)n1. The average molecular weight is 688 g/mol. The molecule has 0 radical (unpaired) electrons. The Hall–Kier alpha value is -4.39. The van der Waals surface area contributed by atoms with Crippen molar-refractivity contribution in [2.75, 3.05) is 24.5 Å². The van der Waals surface area contributed by atoms with Crippen molar-refractivity contribution in [1.29, 1.82) is 0 Å². The lowest BCUT2D eigenvalue weighted by Crippen LogP contribution is -2.37. The molecule has 1 aliphatic rings. The summed E-state index contributed by atoms with van der Waals surface area (Å²) in [6.45, 7) is 12.8. The van der Waals surface area contributed by atoms with Gasteiger partial charge in [0.25, 0.3) is 10.0 Å². The summed E-state index contributed by atoms with van der Waals surface area (Å²) in [5, 5.41) is 13.0. The highest BCUT2D eigenvalue weighted by atomic mass is 32.2. The Kier molecular flexibility index (Phi) is 11.3. The summed E-state index contributed by atoms with van der Waals surface area (Å²) < 4.78 is 41.0. The van der Waals surface area contributed by atoms with Gasteiger partial charge in [0.05, 0.1) is 21.8 Å². The van der Waals surface area contributed by atoms with E-state index in [2.05, 4.69) is 52.9 Å². The summed E-state index contributed by atoms with van der Waals surface area (Å²) in [6.07, 6.45) is 4.79. The number of sulfonamides is 1. The zero-order valence-electron chi connectivity index (χ0n) is 28.7. The average Bonchev–Trinajstić information content (AvgIpc) is 3.06. The first-order chi connectivity index (χ1) is 23.3. The predicted molar refractivity (Wildman–Crippen MR) is 188 cm³/mol. The Morgan fingerprint density at radius 2 is 1.73 bits per heavy atom. The molecule has 0 saturated carbocycles. The molecule has 2 aromatic carbocycles. The van der Waals surface area contributed by atoms with Gasteiger partial charge in [0.2, 0.25) is 11.8 Å². The predicted octanol–water partition coefficient (Wildman–Crippen LogP) is 6.52. The second-order valence-corrected chi connectivity index (χ2v) is 15.4. The molecule has 0 bridgehead atoms. The van der Waals surface area contributed by atoms with Crippen molar-refractivity contribution >= 4 is 21.9 Å². The van der Waals surface area contributed by atoms with Crippen LogP contribution in [0.5, 0.6) is 5.88 Å². The van der Waals surface area contributed by atoms with E-state index in [4.69, 9.17) is 14.5 Å². The van der Waals surface area contributed by atoms with Crippen LogP contribution in [0, 0.1) is 19.3 Å². The van der Waals surface area contributed by atoms with Crippen molar-refractivity contribution in [2.24, 2.45) is 5.41 Å². The number of anilines is 1. The van der Waals surface area contributed by atoms with Crippen molar-refractivity contribution < 1.29 is 27.8 Å². The smallest absolute Gasteiger partial charge is 0.335 e. The molecule has 0 aliphatic carbocycles. The molecule has 1 aliphatic heterocycles. The number of benzene rings is 2. The van der Waals surface area contributed by atoms with E-state index in [0.717, 1.165) is 60.9 Å². The van der Waals surface area contributed by atoms with Gasteiger partial charge < -0.3 is 19.9 Å². The van der Waals surface area contributed by atoms with E-state index < -0.39 is 16.0 Å². The Balaban J connectivity index is 1.38. The van der Waals surface area contributed by atoms with Crippen molar-refractivity contribution in [1.82, 2.24) is 20.3 Å². The van der Waals surface area contributed by atoms with E-state index in [1.54, 1.807) is 6.07 Å². The quantitative estimate of drug-likeness (QED) is 0.142. The summed E-state index contributed by atoms with van der Waals surface area (Å²) in [7, 11) is -4.23. The number of pyridine rings is 1. The molecule has 0 amide bonds. The van der Waals surface area contributed by atoms with E-state index in [0.29, 0.717) is 18.2 Å². The largest absolute Gasteiger partial charge is 0.478 e. The van der Waals surface area contributed by atoms with Gasteiger partial charge in [0.15, 0.2) is 0 Å². The molecule has 2 aromatic heterocycles. The summed E-state index contributed by atoms with van der Waals surface area (Å²) in [5.74, 6) is -0.743. The van der Waals surface area contributed by atoms with Crippen molar-refractivity contribution in [3.05, 3.63) is 94.8 Å². The van der Waals surface area contributed by atoms with Gasteiger partial charge in [-0.2, -0.15) is 4.98 Å². The van der Waals surface area contributed by atoms with E-state index in [-0.39, 0.29) is 40.4 Å². The Labute approximate surface area is 288 Å². The number of aromatic carboxylic acids is 1. The number of carbonyl (C=O) groups is 1. The van der Waals surface area contributed by atoms with Crippen LogP contribution in [0.3, 0.4) is 0 Å². The Morgan fingerprint density at radius 3 is 2.39 bits per heavy atom. The summed E-state index contributed by atoms with van der Waals surface area (Å²) in [6, 6.07) is 16.8. The van der Waals surface area contributed by atoms with Crippen LogP contribution in [0.25, 0.3) is 11.3 Å². The van der Waals surface area contributed by atoms with Gasteiger partial charge in [0, 0.05) is 43.6 Å². The third kappa shape index (κ3) is 9.84. The van der Waals surface area contributed by atoms with E-state index in [1.807, 2.05) is 38.2 Å². The minimum Gasteiger partial charge on any atom is -0.478 e. The van der Waals surface area contributed by atoms with Crippen LogP contribution in [0.1, 0.15) is 78.7 Å². The van der Waals surface area contributed by atoms with Gasteiger partial charge in [-0.25, -0.2) is 22.9 Å². The number of aromatic nitrogens is 3. The van der Waals surface area contributed by atoms with Crippen LogP contribution >= 0.6 is 0 Å². The number of carboxylic acid groups (broad SMARTS) is 1. The summed E-state index contributed by atoms with van der Waals surface area (Å²) in [5.41, 5.74) is 5.24. The number of hydrogen-bond donors (Lipinski definition) is 3. The topological polar surface area (TPSA) is 153 Å². The molecule has 1 saturated heterocycles. The molecule has 49 heavy (non-hydrogen) atoms. The van der Waals surface area contributed by atoms with Gasteiger partial charge in [-0.1, -0.05) is 51.1 Å². The molecule has 3 heterocycles. The lowest BCUT2D eigenvalue weighted by Gasteiger charge is -2.27.